The van der Waals surface area contributed by atoms with Crippen molar-refractivity contribution in [2.45, 2.75) is 20.3 Å². The first-order valence-electron chi connectivity index (χ1n) is 9.00. The number of imide groups is 1. The molecular formula is C22H20ClN3O3. The van der Waals surface area contributed by atoms with E-state index in [1.54, 1.807) is 35.9 Å². The van der Waals surface area contributed by atoms with Gasteiger partial charge >= 0.3 is 0 Å². The summed E-state index contributed by atoms with van der Waals surface area (Å²) in [6.45, 7) is 2.73. The number of nitrogens with zero attached hydrogens (tertiary/aromatic N) is 3. The minimum Gasteiger partial charge on any atom is -0.346 e. The second-order valence-corrected chi connectivity index (χ2v) is 7.03. The summed E-state index contributed by atoms with van der Waals surface area (Å²) in [7, 11) is 1.79. The number of hydrogen-bond acceptors (Lipinski definition) is 4. The Hall–Kier alpha value is -3.25. The van der Waals surface area contributed by atoms with Gasteiger partial charge in [-0.25, -0.2) is 0 Å². The lowest BCUT2D eigenvalue weighted by Gasteiger charge is -2.14. The van der Waals surface area contributed by atoms with E-state index in [9.17, 15) is 14.4 Å². The molecule has 1 heterocycles. The maximum absolute atomic E-state index is 12.9. The van der Waals surface area contributed by atoms with Gasteiger partial charge in [-0.2, -0.15) is 10.1 Å². The minimum absolute atomic E-state index is 0.139. The summed E-state index contributed by atoms with van der Waals surface area (Å²) >= 11 is 6.10. The first-order valence-corrected chi connectivity index (χ1v) is 9.38. The van der Waals surface area contributed by atoms with Gasteiger partial charge in [-0.05, 0) is 19.1 Å². The van der Waals surface area contributed by atoms with Crippen molar-refractivity contribution in [3.05, 3.63) is 70.4 Å². The second kappa shape index (κ2) is 8.41. The van der Waals surface area contributed by atoms with Crippen LogP contribution in [0, 0.1) is 0 Å². The zero-order valence-corrected chi connectivity index (χ0v) is 17.1. The van der Waals surface area contributed by atoms with Gasteiger partial charge in [-0.1, -0.05) is 48.0 Å². The zero-order chi connectivity index (χ0) is 21.1. The molecule has 0 unspecified atom stereocenters. The van der Waals surface area contributed by atoms with Gasteiger partial charge in [-0.3, -0.25) is 14.4 Å². The summed E-state index contributed by atoms with van der Waals surface area (Å²) in [5.74, 6) is -1.20. The van der Waals surface area contributed by atoms with Crippen LogP contribution < -0.4 is 0 Å². The van der Waals surface area contributed by atoms with Crippen LogP contribution in [0.4, 0.5) is 0 Å². The van der Waals surface area contributed by atoms with Crippen molar-refractivity contribution in [3.63, 3.8) is 0 Å². The molecule has 0 fully saturated rings. The van der Waals surface area contributed by atoms with Crippen molar-refractivity contribution >= 4 is 46.3 Å². The molecule has 29 heavy (non-hydrogen) atoms. The molecule has 0 saturated carbocycles. The van der Waals surface area contributed by atoms with Crippen molar-refractivity contribution in [2.75, 3.05) is 0 Å². The third-order valence-corrected chi connectivity index (χ3v) is 5.00. The van der Waals surface area contributed by atoms with Crippen molar-refractivity contribution < 1.29 is 14.4 Å². The van der Waals surface area contributed by atoms with Crippen LogP contribution in [0.3, 0.4) is 0 Å². The zero-order valence-electron chi connectivity index (χ0n) is 16.3. The summed E-state index contributed by atoms with van der Waals surface area (Å²) in [4.78, 5) is 37.2. The third-order valence-electron chi connectivity index (χ3n) is 4.65. The Balaban J connectivity index is 1.96. The van der Waals surface area contributed by atoms with Crippen LogP contribution in [-0.4, -0.2) is 33.4 Å². The molecule has 2 amide bonds. The van der Waals surface area contributed by atoms with Crippen molar-refractivity contribution in [1.82, 2.24) is 9.58 Å². The lowest BCUT2D eigenvalue weighted by Crippen LogP contribution is -2.32. The Morgan fingerprint density at radius 3 is 2.38 bits per heavy atom. The Labute approximate surface area is 173 Å². The Kier molecular flexibility index (Phi) is 5.94. The van der Waals surface area contributed by atoms with Gasteiger partial charge in [0, 0.05) is 46.7 Å². The first-order chi connectivity index (χ1) is 13.8. The average molecular weight is 410 g/mol. The number of hydrogen-bond donors (Lipinski definition) is 0. The normalized spacial score (nSPS) is 11.2. The van der Waals surface area contributed by atoms with E-state index in [0.29, 0.717) is 21.8 Å². The number of aryl methyl sites for hydroxylation is 1. The molecule has 0 bridgehead atoms. The molecule has 0 aliphatic carbocycles. The van der Waals surface area contributed by atoms with E-state index in [1.807, 2.05) is 24.3 Å². The average Bonchev–Trinajstić information content (AvgIpc) is 2.95. The van der Waals surface area contributed by atoms with E-state index in [2.05, 4.69) is 5.10 Å². The molecule has 0 atom stereocenters. The number of rotatable bonds is 5. The van der Waals surface area contributed by atoms with Gasteiger partial charge in [0.15, 0.2) is 5.78 Å². The molecule has 0 radical (unpaired) electrons. The lowest BCUT2D eigenvalue weighted by atomic mass is 10.1. The van der Waals surface area contributed by atoms with Gasteiger partial charge in [-0.15, -0.1) is 0 Å². The quantitative estimate of drug-likeness (QED) is 0.363. The van der Waals surface area contributed by atoms with Crippen LogP contribution in [0.1, 0.15) is 35.5 Å². The standard InChI is InChI=1S/C22H20ClN3O3/c1-14(27)22-17-9-5-7-11-19(17)25(3)20(22)12-21(29)26(15(2)28)24-13-16-8-4-6-10-18(16)23/h4-11,13H,12H2,1-3H3/b24-13-. The summed E-state index contributed by atoms with van der Waals surface area (Å²) in [5.41, 5.74) is 2.45. The van der Waals surface area contributed by atoms with Crippen LogP contribution in [0.2, 0.25) is 5.02 Å². The Morgan fingerprint density at radius 1 is 1.07 bits per heavy atom. The van der Waals surface area contributed by atoms with Gasteiger partial charge in [0.2, 0.25) is 5.91 Å². The highest BCUT2D eigenvalue weighted by atomic mass is 35.5. The monoisotopic (exact) mass is 409 g/mol. The lowest BCUT2D eigenvalue weighted by molar-refractivity contribution is -0.143. The topological polar surface area (TPSA) is 71.7 Å². The molecule has 0 aliphatic rings. The predicted octanol–water partition coefficient (Wildman–Crippen LogP) is 3.99. The van der Waals surface area contributed by atoms with Crippen LogP contribution in [0.15, 0.2) is 53.6 Å². The number of aromatic nitrogens is 1. The fraction of sp³-hybridized carbons (Fsp3) is 0.182. The second-order valence-electron chi connectivity index (χ2n) is 6.62. The molecule has 0 N–H and O–H groups in total. The van der Waals surface area contributed by atoms with Gasteiger partial charge in [0.1, 0.15) is 0 Å². The Morgan fingerprint density at radius 2 is 1.72 bits per heavy atom. The molecule has 0 spiro atoms. The van der Waals surface area contributed by atoms with Gasteiger partial charge in [0.05, 0.1) is 12.6 Å². The maximum atomic E-state index is 12.9. The molecule has 148 valence electrons. The highest BCUT2D eigenvalue weighted by Crippen LogP contribution is 2.26. The number of carbonyl (C=O) groups is 3. The van der Waals surface area contributed by atoms with Crippen LogP contribution in [-0.2, 0) is 23.1 Å². The third kappa shape index (κ3) is 4.12. The molecule has 2 aromatic carbocycles. The van der Waals surface area contributed by atoms with Crippen molar-refractivity contribution in [1.29, 1.82) is 0 Å². The maximum Gasteiger partial charge on any atom is 0.255 e. The van der Waals surface area contributed by atoms with Crippen molar-refractivity contribution in [2.24, 2.45) is 12.1 Å². The number of Topliss-reactive ketones (excluding diaryl/α,β-unsaturated/α-hetero) is 1. The number of halogens is 1. The van der Waals surface area contributed by atoms with E-state index in [4.69, 9.17) is 11.6 Å². The Bertz CT molecular complexity index is 1150. The minimum atomic E-state index is -0.533. The summed E-state index contributed by atoms with van der Waals surface area (Å²) in [6, 6.07) is 14.4. The first kappa shape index (κ1) is 20.5. The van der Waals surface area contributed by atoms with E-state index in [1.165, 1.54) is 20.1 Å². The summed E-state index contributed by atoms with van der Waals surface area (Å²) in [6.07, 6.45) is 1.23. The number of para-hydroxylation sites is 1. The molecule has 7 heteroatoms. The van der Waals surface area contributed by atoms with Gasteiger partial charge in [0.25, 0.3) is 5.91 Å². The summed E-state index contributed by atoms with van der Waals surface area (Å²) in [5, 5.41) is 6.07. The molecule has 3 aromatic rings. The van der Waals surface area contributed by atoms with Crippen LogP contribution in [0.25, 0.3) is 10.9 Å². The smallest absolute Gasteiger partial charge is 0.255 e. The van der Waals surface area contributed by atoms with E-state index in [-0.39, 0.29) is 12.2 Å². The highest BCUT2D eigenvalue weighted by molar-refractivity contribution is 6.33. The SMILES string of the molecule is CC(=O)c1c(CC(=O)N(/N=C\c2ccccc2Cl)C(C)=O)n(C)c2ccccc12. The summed E-state index contributed by atoms with van der Waals surface area (Å²) < 4.78 is 1.81. The van der Waals surface area contributed by atoms with E-state index >= 15 is 0 Å². The predicted molar refractivity (Wildman–Crippen MR) is 113 cm³/mol. The number of ketones is 1. The molecule has 0 aliphatic heterocycles. The molecule has 3 rings (SSSR count). The fourth-order valence-corrected chi connectivity index (χ4v) is 3.47. The molecular weight excluding hydrogens is 390 g/mol. The number of benzene rings is 2. The largest absolute Gasteiger partial charge is 0.346 e. The molecule has 1 aromatic heterocycles. The number of amides is 2. The molecule has 6 nitrogen and oxygen atoms in total. The van der Waals surface area contributed by atoms with Crippen LogP contribution in [0.5, 0.6) is 0 Å². The fourth-order valence-electron chi connectivity index (χ4n) is 3.29. The number of fused-ring (bicyclic) bond motifs is 1. The highest BCUT2D eigenvalue weighted by Gasteiger charge is 2.24. The van der Waals surface area contributed by atoms with E-state index < -0.39 is 11.8 Å². The van der Waals surface area contributed by atoms with E-state index in [0.717, 1.165) is 15.9 Å². The molecule has 0 saturated heterocycles. The number of carbonyl (C=O) groups excluding carboxylic acids is 3. The van der Waals surface area contributed by atoms with Gasteiger partial charge < -0.3 is 4.57 Å². The van der Waals surface area contributed by atoms with Crippen molar-refractivity contribution in [3.8, 4) is 0 Å². The number of hydrazone groups is 1. The van der Waals surface area contributed by atoms with Crippen LogP contribution >= 0.6 is 11.6 Å².